The van der Waals surface area contributed by atoms with Gasteiger partial charge in [-0.1, -0.05) is 270 Å². The van der Waals surface area contributed by atoms with E-state index in [2.05, 4.69) is 67.8 Å². The summed E-state index contributed by atoms with van der Waals surface area (Å²) in [6, 6.07) is 0.684. The van der Waals surface area contributed by atoms with E-state index in [-0.39, 0.29) is 12.4 Å². The third-order valence-electron chi connectivity index (χ3n) is 13.6. The smallest absolute Gasteiger partial charge is 0.243 e. The SMILES string of the molecule is CCCCCCCC/C=C\CCCCCCCCC(CCCCC(CCCCCCCCCCCCCC)CCCCCCCCCCCCCC)n1cc[n+](C)c1.[Cl-]. The van der Waals surface area contributed by atoms with E-state index in [1.807, 2.05) is 0 Å². The van der Waals surface area contributed by atoms with Gasteiger partial charge in [0.15, 0.2) is 0 Å². The molecule has 0 aliphatic heterocycles. The molecule has 1 rings (SSSR count). The largest absolute Gasteiger partial charge is 1.00 e. The van der Waals surface area contributed by atoms with Crippen molar-refractivity contribution in [1.29, 1.82) is 0 Å². The third kappa shape index (κ3) is 41.0. The van der Waals surface area contributed by atoms with Gasteiger partial charge in [-0.3, -0.25) is 0 Å². The van der Waals surface area contributed by atoms with Crippen LogP contribution in [0.1, 0.15) is 316 Å². The molecule has 0 bridgehead atoms. The second-order valence-electron chi connectivity index (χ2n) is 19.4. The molecule has 0 amide bonds. The van der Waals surface area contributed by atoms with Gasteiger partial charge < -0.3 is 12.4 Å². The Morgan fingerprint density at radius 2 is 0.644 bits per heavy atom. The quantitative estimate of drug-likeness (QED) is 0.0351. The molecule has 0 spiro atoms. The van der Waals surface area contributed by atoms with Crippen LogP contribution in [0.3, 0.4) is 0 Å². The number of rotatable bonds is 48. The molecule has 1 atom stereocenters. The van der Waals surface area contributed by atoms with Crippen LogP contribution in [0.25, 0.3) is 0 Å². The number of nitrogens with zero attached hydrogens (tertiary/aromatic N) is 2. The van der Waals surface area contributed by atoms with Crippen molar-refractivity contribution in [1.82, 2.24) is 4.57 Å². The molecule has 1 unspecified atom stereocenters. The Morgan fingerprint density at radius 3 is 0.966 bits per heavy atom. The van der Waals surface area contributed by atoms with Gasteiger partial charge >= 0.3 is 0 Å². The van der Waals surface area contributed by atoms with Crippen molar-refractivity contribution < 1.29 is 17.0 Å². The lowest BCUT2D eigenvalue weighted by atomic mass is 9.89. The van der Waals surface area contributed by atoms with Gasteiger partial charge in [-0.15, -0.1) is 0 Å². The molecule has 0 fully saturated rings. The number of allylic oxidation sites excluding steroid dienone is 2. The van der Waals surface area contributed by atoms with E-state index in [0.29, 0.717) is 6.04 Å². The molecular formula is C56H109ClN2. The molecular weight excluding hydrogens is 736 g/mol. The molecule has 0 radical (unpaired) electrons. The Hall–Kier alpha value is -0.760. The van der Waals surface area contributed by atoms with Crippen molar-refractivity contribution in [2.24, 2.45) is 13.0 Å². The Balaban J connectivity index is 0.0000336. The van der Waals surface area contributed by atoms with E-state index < -0.39 is 0 Å². The Bertz CT molecular complexity index is 910. The predicted molar refractivity (Wildman–Crippen MR) is 262 cm³/mol. The molecule has 3 heteroatoms. The number of halogens is 1. The molecule has 350 valence electrons. The van der Waals surface area contributed by atoms with Crippen molar-refractivity contribution in [2.45, 2.75) is 316 Å². The fourth-order valence-corrected chi connectivity index (χ4v) is 9.55. The lowest BCUT2D eigenvalue weighted by Gasteiger charge is -2.18. The van der Waals surface area contributed by atoms with Gasteiger partial charge in [0.05, 0.1) is 7.05 Å². The van der Waals surface area contributed by atoms with Crippen LogP contribution < -0.4 is 17.0 Å². The zero-order valence-electron chi connectivity index (χ0n) is 41.1. The highest BCUT2D eigenvalue weighted by atomic mass is 35.5. The first-order valence-electron chi connectivity index (χ1n) is 27.4. The topological polar surface area (TPSA) is 8.81 Å². The lowest BCUT2D eigenvalue weighted by Crippen LogP contribution is -3.00. The minimum atomic E-state index is 0. The lowest BCUT2D eigenvalue weighted by molar-refractivity contribution is -0.671. The summed E-state index contributed by atoms with van der Waals surface area (Å²) >= 11 is 0. The average Bonchev–Trinajstić information content (AvgIpc) is 3.67. The Kier molecular flexibility index (Phi) is 47.7. The number of hydrogen-bond donors (Lipinski definition) is 0. The second-order valence-corrected chi connectivity index (χ2v) is 19.4. The summed E-state index contributed by atoms with van der Waals surface area (Å²) in [6.45, 7) is 6.95. The Morgan fingerprint density at radius 1 is 0.373 bits per heavy atom. The van der Waals surface area contributed by atoms with Crippen LogP contribution in [-0.2, 0) is 7.05 Å². The van der Waals surface area contributed by atoms with Crippen LogP contribution in [0.15, 0.2) is 30.9 Å². The molecule has 0 saturated heterocycles. The maximum Gasteiger partial charge on any atom is 0.243 e. The van der Waals surface area contributed by atoms with E-state index in [0.717, 1.165) is 5.92 Å². The van der Waals surface area contributed by atoms with E-state index in [9.17, 15) is 0 Å². The number of aryl methyl sites for hydroxylation is 1. The molecule has 59 heavy (non-hydrogen) atoms. The van der Waals surface area contributed by atoms with Gasteiger partial charge in [-0.25, -0.2) is 9.13 Å². The number of unbranched alkanes of at least 4 members (excludes halogenated alkanes) is 35. The maximum atomic E-state index is 2.55. The summed E-state index contributed by atoms with van der Waals surface area (Å²) in [5, 5.41) is 0. The molecule has 0 aliphatic rings. The van der Waals surface area contributed by atoms with Gasteiger partial charge in [0.1, 0.15) is 18.4 Å². The molecule has 1 aromatic heterocycles. The molecule has 1 aromatic rings. The summed E-state index contributed by atoms with van der Waals surface area (Å²) in [4.78, 5) is 0. The van der Waals surface area contributed by atoms with Crippen LogP contribution in [0.4, 0.5) is 0 Å². The fraction of sp³-hybridized carbons (Fsp3) is 0.911. The standard InChI is InChI=1S/C56H109N2.ClH/c1-5-8-11-14-17-20-23-26-27-28-29-32-35-38-41-44-50-56(58-53-52-57(4)54-58)51-46-45-49-55(47-42-39-36-33-30-24-21-18-15-12-9-6-2)48-43-40-37-34-31-25-22-19-16-13-10-7-3;/h26-27,52-56H,5-25,28-51H2,1-4H3;1H/q+1;/p-1/b27-26-;. The highest BCUT2D eigenvalue weighted by molar-refractivity contribution is 4.81. The molecule has 1 heterocycles. The van der Waals surface area contributed by atoms with Gasteiger partial charge in [-0.05, 0) is 57.3 Å². The summed E-state index contributed by atoms with van der Waals surface area (Å²) in [5.74, 6) is 0.977. The fourth-order valence-electron chi connectivity index (χ4n) is 9.55. The van der Waals surface area contributed by atoms with E-state index in [1.54, 1.807) is 0 Å². The first-order chi connectivity index (χ1) is 28.7. The van der Waals surface area contributed by atoms with Crippen molar-refractivity contribution in [3.8, 4) is 0 Å². The summed E-state index contributed by atoms with van der Waals surface area (Å²) < 4.78 is 4.79. The average molecular weight is 846 g/mol. The van der Waals surface area contributed by atoms with Crippen molar-refractivity contribution >= 4 is 0 Å². The van der Waals surface area contributed by atoms with Gasteiger partial charge in [0.25, 0.3) is 0 Å². The summed E-state index contributed by atoms with van der Waals surface area (Å²) in [5.41, 5.74) is 0. The van der Waals surface area contributed by atoms with E-state index >= 15 is 0 Å². The van der Waals surface area contributed by atoms with Crippen molar-refractivity contribution in [2.75, 3.05) is 0 Å². The molecule has 0 N–H and O–H groups in total. The zero-order chi connectivity index (χ0) is 41.7. The summed E-state index contributed by atoms with van der Waals surface area (Å²) in [7, 11) is 2.19. The number of imidazole rings is 1. The third-order valence-corrected chi connectivity index (χ3v) is 13.6. The first-order valence-corrected chi connectivity index (χ1v) is 27.4. The maximum absolute atomic E-state index is 2.55. The predicted octanol–water partition coefficient (Wildman–Crippen LogP) is 16.6. The van der Waals surface area contributed by atoms with E-state index in [1.165, 1.54) is 289 Å². The van der Waals surface area contributed by atoms with Crippen LogP contribution in [0, 0.1) is 5.92 Å². The highest BCUT2D eigenvalue weighted by Gasteiger charge is 2.17. The van der Waals surface area contributed by atoms with Gasteiger partial charge in [0.2, 0.25) is 6.33 Å². The monoisotopic (exact) mass is 845 g/mol. The van der Waals surface area contributed by atoms with Crippen molar-refractivity contribution in [3.05, 3.63) is 30.9 Å². The minimum absolute atomic E-state index is 0. The molecule has 2 nitrogen and oxygen atoms in total. The molecule has 0 aliphatic carbocycles. The molecule has 0 aromatic carbocycles. The zero-order valence-corrected chi connectivity index (χ0v) is 41.9. The normalized spacial score (nSPS) is 12.3. The first kappa shape index (κ1) is 58.2. The van der Waals surface area contributed by atoms with Crippen molar-refractivity contribution in [3.63, 3.8) is 0 Å². The highest BCUT2D eigenvalue weighted by Crippen LogP contribution is 2.28. The van der Waals surface area contributed by atoms with Crippen LogP contribution in [0.5, 0.6) is 0 Å². The summed E-state index contributed by atoms with van der Waals surface area (Å²) in [6.07, 6.45) is 76.6. The van der Waals surface area contributed by atoms with Gasteiger partial charge in [-0.2, -0.15) is 0 Å². The van der Waals surface area contributed by atoms with Crippen LogP contribution in [0.2, 0.25) is 0 Å². The minimum Gasteiger partial charge on any atom is -1.00 e. The van der Waals surface area contributed by atoms with Crippen LogP contribution >= 0.6 is 0 Å². The van der Waals surface area contributed by atoms with Crippen LogP contribution in [-0.4, -0.2) is 4.57 Å². The van der Waals surface area contributed by atoms with Gasteiger partial charge in [0, 0.05) is 0 Å². The second kappa shape index (κ2) is 48.3. The number of aromatic nitrogens is 2. The van der Waals surface area contributed by atoms with E-state index in [4.69, 9.17) is 0 Å². The Labute approximate surface area is 379 Å². The molecule has 0 saturated carbocycles. The number of hydrogen-bond acceptors (Lipinski definition) is 0.